The van der Waals surface area contributed by atoms with E-state index in [1.165, 1.54) is 0 Å². The molecule has 3 aromatic rings. The van der Waals surface area contributed by atoms with E-state index in [-0.39, 0.29) is 27.7 Å². The Kier molecular flexibility index (Phi) is 7.59. The number of H-pyrrole nitrogens is 2. The number of nitrogens with zero attached hydrogens (tertiary/aromatic N) is 3. The number of morpholine rings is 1. The summed E-state index contributed by atoms with van der Waals surface area (Å²) in [5.74, 6) is 0.219. The number of hydrogen-bond acceptors (Lipinski definition) is 5. The molecule has 1 aliphatic rings. The second-order valence-corrected chi connectivity index (χ2v) is 9.05. The molecule has 180 valence electrons. The monoisotopic (exact) mass is 463 g/mol. The molecule has 1 saturated heterocycles. The molecular weight excluding hydrogens is 430 g/mol. The molecule has 0 unspecified atom stereocenters. The minimum absolute atomic E-state index is 0.201. The normalized spacial score (nSPS) is 16.0. The highest BCUT2D eigenvalue weighted by Crippen LogP contribution is 2.20. The first-order valence-electron chi connectivity index (χ1n) is 11.9. The molecule has 4 rings (SSSR count). The van der Waals surface area contributed by atoms with E-state index in [1.807, 2.05) is 37.5 Å². The van der Waals surface area contributed by atoms with Crippen molar-refractivity contribution in [2.45, 2.75) is 39.7 Å². The van der Waals surface area contributed by atoms with Gasteiger partial charge in [-0.05, 0) is 42.5 Å². The van der Waals surface area contributed by atoms with Crippen molar-refractivity contribution in [3.05, 3.63) is 84.5 Å². The fourth-order valence-electron chi connectivity index (χ4n) is 4.35. The molecule has 0 radical (unpaired) electrons. The lowest BCUT2D eigenvalue weighted by molar-refractivity contribution is 0.0369. The summed E-state index contributed by atoms with van der Waals surface area (Å²) in [7, 11) is 0. The van der Waals surface area contributed by atoms with Gasteiger partial charge in [0.2, 0.25) is 0 Å². The van der Waals surface area contributed by atoms with Crippen molar-refractivity contribution in [2.75, 3.05) is 32.8 Å². The van der Waals surface area contributed by atoms with E-state index in [0.29, 0.717) is 5.69 Å². The Hall–Kier alpha value is -3.23. The van der Waals surface area contributed by atoms with Gasteiger partial charge in [0.15, 0.2) is 0 Å². The number of aromatic amines is 2. The van der Waals surface area contributed by atoms with E-state index < -0.39 is 0 Å². The number of aryl methyl sites for hydroxylation is 2. The highest BCUT2D eigenvalue weighted by atomic mass is 16.5. The van der Waals surface area contributed by atoms with E-state index in [4.69, 9.17) is 4.74 Å². The van der Waals surface area contributed by atoms with Crippen LogP contribution in [0, 0.1) is 6.92 Å². The third kappa shape index (κ3) is 5.63. The highest BCUT2D eigenvalue weighted by Gasteiger charge is 2.14. The smallest absolute Gasteiger partial charge is 0.272 e. The molecule has 0 atom stereocenters. The lowest BCUT2D eigenvalue weighted by Gasteiger charge is -2.26. The van der Waals surface area contributed by atoms with Crippen LogP contribution in [0.15, 0.2) is 40.2 Å². The lowest BCUT2D eigenvalue weighted by Crippen LogP contribution is -2.46. The third-order valence-corrected chi connectivity index (χ3v) is 6.19. The molecule has 3 heterocycles. The second-order valence-electron chi connectivity index (χ2n) is 9.05. The van der Waals surface area contributed by atoms with Gasteiger partial charge in [-0.1, -0.05) is 38.1 Å². The Labute approximate surface area is 198 Å². The van der Waals surface area contributed by atoms with E-state index in [9.17, 15) is 9.59 Å². The van der Waals surface area contributed by atoms with Gasteiger partial charge < -0.3 is 19.3 Å². The first-order valence-corrected chi connectivity index (χ1v) is 11.9. The van der Waals surface area contributed by atoms with Gasteiger partial charge in [0, 0.05) is 31.9 Å². The molecule has 0 bridgehead atoms. The molecule has 0 aliphatic carbocycles. The van der Waals surface area contributed by atoms with Crippen LogP contribution in [0.25, 0.3) is 12.2 Å². The summed E-state index contributed by atoms with van der Waals surface area (Å²) in [4.78, 5) is 37.9. The van der Waals surface area contributed by atoms with Crippen LogP contribution in [0.3, 0.4) is 0 Å². The summed E-state index contributed by atoms with van der Waals surface area (Å²) < 4.78 is 7.58. The van der Waals surface area contributed by atoms with Crippen molar-refractivity contribution in [3.8, 4) is 0 Å². The largest absolute Gasteiger partial charge is 0.379 e. The Bertz CT molecular complexity index is 1360. The molecule has 0 spiro atoms. The van der Waals surface area contributed by atoms with Gasteiger partial charge in [0.25, 0.3) is 11.1 Å². The third-order valence-electron chi connectivity index (χ3n) is 6.19. The SMILES string of the molecule is Cc1ccccc1/C=c1\[nH]c(=O)/c(=C/c2ncn(CCCN3CCOCC3)c2C(C)C)[nH]c1=O. The summed E-state index contributed by atoms with van der Waals surface area (Å²) in [5.41, 5.74) is 2.98. The van der Waals surface area contributed by atoms with Crippen LogP contribution in [0.2, 0.25) is 0 Å². The van der Waals surface area contributed by atoms with Gasteiger partial charge in [-0.15, -0.1) is 0 Å². The molecule has 8 heteroatoms. The Morgan fingerprint density at radius 3 is 2.38 bits per heavy atom. The van der Waals surface area contributed by atoms with Crippen molar-refractivity contribution < 1.29 is 4.74 Å². The lowest BCUT2D eigenvalue weighted by atomic mass is 10.1. The summed E-state index contributed by atoms with van der Waals surface area (Å²) in [6.07, 6.45) is 6.21. The maximum Gasteiger partial charge on any atom is 0.272 e. The molecule has 1 aliphatic heterocycles. The van der Waals surface area contributed by atoms with Crippen LogP contribution in [-0.4, -0.2) is 57.3 Å². The second kappa shape index (κ2) is 10.8. The van der Waals surface area contributed by atoms with Crippen LogP contribution in [0.1, 0.15) is 48.7 Å². The maximum atomic E-state index is 12.8. The molecule has 0 saturated carbocycles. The van der Waals surface area contributed by atoms with E-state index in [1.54, 1.807) is 12.2 Å². The molecule has 1 aromatic carbocycles. The fraction of sp³-hybridized carbons (Fsp3) is 0.423. The standard InChI is InChI=1S/C26H33N5O3/c1-18(2)24-21(27-17-31(24)10-6-9-30-11-13-34-14-12-30)16-23-26(33)28-22(25(32)29-23)15-20-8-5-4-7-19(20)3/h4-5,7-8,15-18H,6,9-14H2,1-3H3,(H,28,33)(H,29,32)/b22-15-,23-16-. The molecule has 34 heavy (non-hydrogen) atoms. The van der Waals surface area contributed by atoms with Crippen molar-refractivity contribution >= 4 is 12.2 Å². The minimum Gasteiger partial charge on any atom is -0.379 e. The van der Waals surface area contributed by atoms with Crippen molar-refractivity contribution in [1.29, 1.82) is 0 Å². The van der Waals surface area contributed by atoms with Crippen LogP contribution >= 0.6 is 0 Å². The quantitative estimate of drug-likeness (QED) is 0.547. The average Bonchev–Trinajstić information content (AvgIpc) is 3.22. The number of rotatable bonds is 7. The minimum atomic E-state index is -0.351. The first-order chi connectivity index (χ1) is 16.4. The van der Waals surface area contributed by atoms with Crippen molar-refractivity contribution in [1.82, 2.24) is 24.4 Å². The molecule has 2 N–H and O–H groups in total. The van der Waals surface area contributed by atoms with E-state index in [2.05, 4.69) is 38.3 Å². The molecule has 0 amide bonds. The van der Waals surface area contributed by atoms with Gasteiger partial charge in [-0.3, -0.25) is 14.5 Å². The zero-order valence-electron chi connectivity index (χ0n) is 20.1. The summed E-state index contributed by atoms with van der Waals surface area (Å²) in [5, 5.41) is 0.432. The van der Waals surface area contributed by atoms with E-state index >= 15 is 0 Å². The number of imidazole rings is 1. The number of nitrogens with one attached hydrogen (secondary N) is 2. The molecule has 2 aromatic heterocycles. The zero-order valence-corrected chi connectivity index (χ0v) is 20.1. The van der Waals surface area contributed by atoms with Gasteiger partial charge >= 0.3 is 0 Å². The zero-order chi connectivity index (χ0) is 24.1. The maximum absolute atomic E-state index is 12.8. The highest BCUT2D eigenvalue weighted by molar-refractivity contribution is 5.52. The van der Waals surface area contributed by atoms with Crippen LogP contribution in [0.5, 0.6) is 0 Å². The van der Waals surface area contributed by atoms with E-state index in [0.717, 1.165) is 62.6 Å². The molecular formula is C26H33N5O3. The van der Waals surface area contributed by atoms with Crippen LogP contribution < -0.4 is 21.8 Å². The Morgan fingerprint density at radius 2 is 1.71 bits per heavy atom. The fourth-order valence-corrected chi connectivity index (χ4v) is 4.35. The predicted octanol–water partition coefficient (Wildman–Crippen LogP) is 1.07. The van der Waals surface area contributed by atoms with Gasteiger partial charge in [0.1, 0.15) is 10.7 Å². The van der Waals surface area contributed by atoms with Gasteiger partial charge in [-0.25, -0.2) is 4.98 Å². The van der Waals surface area contributed by atoms with Crippen LogP contribution in [0.4, 0.5) is 0 Å². The predicted molar refractivity (Wildman–Crippen MR) is 133 cm³/mol. The summed E-state index contributed by atoms with van der Waals surface area (Å²) >= 11 is 0. The number of ether oxygens (including phenoxy) is 1. The van der Waals surface area contributed by atoms with Crippen molar-refractivity contribution in [3.63, 3.8) is 0 Å². The molecule has 1 fully saturated rings. The molecule has 8 nitrogen and oxygen atoms in total. The van der Waals surface area contributed by atoms with Gasteiger partial charge in [-0.2, -0.15) is 0 Å². The topological polar surface area (TPSA) is 96.0 Å². The number of hydrogen-bond donors (Lipinski definition) is 2. The number of aromatic nitrogens is 4. The summed E-state index contributed by atoms with van der Waals surface area (Å²) in [6, 6.07) is 7.71. The average molecular weight is 464 g/mol. The van der Waals surface area contributed by atoms with Gasteiger partial charge in [0.05, 0.1) is 25.2 Å². The summed E-state index contributed by atoms with van der Waals surface area (Å²) in [6.45, 7) is 11.6. The number of benzene rings is 1. The van der Waals surface area contributed by atoms with Crippen molar-refractivity contribution in [2.24, 2.45) is 0 Å². The Balaban J connectivity index is 1.61. The Morgan fingerprint density at radius 1 is 1.03 bits per heavy atom. The first kappa shape index (κ1) is 23.9. The van der Waals surface area contributed by atoms with Crippen LogP contribution in [-0.2, 0) is 11.3 Å².